The molecule has 1 N–H and O–H groups in total. The van der Waals surface area contributed by atoms with Crippen molar-refractivity contribution in [2.24, 2.45) is 0 Å². The number of hydrogen-bond acceptors (Lipinski definition) is 2. The first-order valence-electron chi connectivity index (χ1n) is 5.19. The smallest absolute Gasteiger partial charge is 0.124 e. The Balaban J connectivity index is 2.35. The molecule has 1 aliphatic heterocycles. The van der Waals surface area contributed by atoms with E-state index in [4.69, 9.17) is 4.74 Å². The van der Waals surface area contributed by atoms with Crippen LogP contribution in [0.2, 0.25) is 0 Å². The number of fused-ring (bicyclic) bond motifs is 1. The minimum absolute atomic E-state index is 0.384. The van der Waals surface area contributed by atoms with Gasteiger partial charge in [-0.25, -0.2) is 0 Å². The molecule has 1 aromatic carbocycles. The molecule has 2 nitrogen and oxygen atoms in total. The fourth-order valence-electron chi connectivity index (χ4n) is 1.89. The van der Waals surface area contributed by atoms with E-state index in [-0.39, 0.29) is 0 Å². The van der Waals surface area contributed by atoms with Gasteiger partial charge < -0.3 is 10.1 Å². The maximum atomic E-state index is 5.64. The minimum atomic E-state index is 0.384. The van der Waals surface area contributed by atoms with E-state index in [1.54, 1.807) is 0 Å². The van der Waals surface area contributed by atoms with E-state index in [1.807, 2.05) is 0 Å². The minimum Gasteiger partial charge on any atom is -0.491 e. The Morgan fingerprint density at radius 2 is 2.07 bits per heavy atom. The highest BCUT2D eigenvalue weighted by Gasteiger charge is 2.23. The standard InChI is InChI=1S/C12H17NO/c1-4-13-11-7-14-12-6-9(3)8(2)5-10(11)12/h5-6,11,13H,4,7H2,1-3H3. The average molecular weight is 191 g/mol. The molecule has 2 rings (SSSR count). The van der Waals surface area contributed by atoms with Gasteiger partial charge in [-0.3, -0.25) is 0 Å². The Morgan fingerprint density at radius 1 is 1.36 bits per heavy atom. The summed E-state index contributed by atoms with van der Waals surface area (Å²) in [6, 6.07) is 4.77. The maximum absolute atomic E-state index is 5.64. The summed E-state index contributed by atoms with van der Waals surface area (Å²) in [5, 5.41) is 3.42. The molecule has 1 heterocycles. The van der Waals surface area contributed by atoms with E-state index >= 15 is 0 Å². The van der Waals surface area contributed by atoms with Crippen molar-refractivity contribution in [2.45, 2.75) is 26.8 Å². The van der Waals surface area contributed by atoms with Crippen LogP contribution in [0.3, 0.4) is 0 Å². The molecule has 0 aliphatic carbocycles. The Hall–Kier alpha value is -1.02. The summed E-state index contributed by atoms with van der Waals surface area (Å²) < 4.78 is 5.64. The molecule has 14 heavy (non-hydrogen) atoms. The number of rotatable bonds is 2. The Labute approximate surface area is 85.3 Å². The van der Waals surface area contributed by atoms with Gasteiger partial charge >= 0.3 is 0 Å². The molecule has 0 saturated carbocycles. The largest absolute Gasteiger partial charge is 0.491 e. The summed E-state index contributed by atoms with van der Waals surface area (Å²) >= 11 is 0. The van der Waals surface area contributed by atoms with Crippen molar-refractivity contribution in [3.05, 3.63) is 28.8 Å². The molecule has 0 spiro atoms. The van der Waals surface area contributed by atoms with Crippen molar-refractivity contribution >= 4 is 0 Å². The molecule has 1 unspecified atom stereocenters. The lowest BCUT2D eigenvalue weighted by Crippen LogP contribution is -2.21. The first kappa shape index (κ1) is 9.53. The third-order valence-electron chi connectivity index (χ3n) is 2.86. The summed E-state index contributed by atoms with van der Waals surface area (Å²) in [6.45, 7) is 8.15. The van der Waals surface area contributed by atoms with Gasteiger partial charge in [-0.05, 0) is 37.6 Å². The zero-order valence-electron chi connectivity index (χ0n) is 9.05. The first-order valence-corrected chi connectivity index (χ1v) is 5.19. The van der Waals surface area contributed by atoms with Crippen molar-refractivity contribution in [3.63, 3.8) is 0 Å². The van der Waals surface area contributed by atoms with Crippen molar-refractivity contribution < 1.29 is 4.74 Å². The number of likely N-dealkylation sites (N-methyl/N-ethyl adjacent to an activating group) is 1. The van der Waals surface area contributed by atoms with Crippen molar-refractivity contribution in [1.29, 1.82) is 0 Å². The second-order valence-corrected chi connectivity index (χ2v) is 3.90. The van der Waals surface area contributed by atoms with Crippen LogP contribution in [0.1, 0.15) is 29.7 Å². The van der Waals surface area contributed by atoms with Crippen molar-refractivity contribution in [2.75, 3.05) is 13.2 Å². The zero-order chi connectivity index (χ0) is 10.1. The number of nitrogens with one attached hydrogen (secondary N) is 1. The third-order valence-corrected chi connectivity index (χ3v) is 2.86. The van der Waals surface area contributed by atoms with E-state index in [2.05, 4.69) is 38.2 Å². The van der Waals surface area contributed by atoms with Crippen LogP contribution in [0.5, 0.6) is 5.75 Å². The molecule has 76 valence electrons. The molecule has 0 radical (unpaired) electrons. The highest BCUT2D eigenvalue weighted by Crippen LogP contribution is 2.34. The monoisotopic (exact) mass is 191 g/mol. The van der Waals surface area contributed by atoms with Gasteiger partial charge in [-0.2, -0.15) is 0 Å². The predicted molar refractivity (Wildman–Crippen MR) is 57.8 cm³/mol. The Morgan fingerprint density at radius 3 is 2.79 bits per heavy atom. The molecule has 1 aromatic rings. The van der Waals surface area contributed by atoms with Gasteiger partial charge in [0, 0.05) is 5.56 Å². The van der Waals surface area contributed by atoms with Gasteiger partial charge in [-0.15, -0.1) is 0 Å². The number of aryl methyl sites for hydroxylation is 2. The summed E-state index contributed by atoms with van der Waals surface area (Å²) in [5.41, 5.74) is 3.97. The Kier molecular flexibility index (Phi) is 2.46. The summed E-state index contributed by atoms with van der Waals surface area (Å²) in [5.74, 6) is 1.05. The maximum Gasteiger partial charge on any atom is 0.124 e. The van der Waals surface area contributed by atoms with Crippen molar-refractivity contribution in [3.8, 4) is 5.75 Å². The van der Waals surface area contributed by atoms with Crippen LogP contribution < -0.4 is 10.1 Å². The van der Waals surface area contributed by atoms with Gasteiger partial charge in [0.15, 0.2) is 0 Å². The fourth-order valence-corrected chi connectivity index (χ4v) is 1.89. The Bertz CT molecular complexity index is 346. The quantitative estimate of drug-likeness (QED) is 0.774. The number of benzene rings is 1. The molecular weight excluding hydrogens is 174 g/mol. The molecule has 0 bridgehead atoms. The zero-order valence-corrected chi connectivity index (χ0v) is 9.05. The van der Waals surface area contributed by atoms with Crippen LogP contribution in [0.15, 0.2) is 12.1 Å². The summed E-state index contributed by atoms with van der Waals surface area (Å²) in [4.78, 5) is 0. The predicted octanol–water partition coefficient (Wildman–Crippen LogP) is 2.35. The van der Waals surface area contributed by atoms with Crippen LogP contribution in [0, 0.1) is 13.8 Å². The topological polar surface area (TPSA) is 21.3 Å². The molecule has 0 amide bonds. The highest BCUT2D eigenvalue weighted by atomic mass is 16.5. The molecular formula is C12H17NO. The molecule has 0 fully saturated rings. The van der Waals surface area contributed by atoms with Gasteiger partial charge in [0.25, 0.3) is 0 Å². The van der Waals surface area contributed by atoms with Crippen LogP contribution in [0.4, 0.5) is 0 Å². The van der Waals surface area contributed by atoms with Gasteiger partial charge in [0.2, 0.25) is 0 Å². The van der Waals surface area contributed by atoms with E-state index in [9.17, 15) is 0 Å². The van der Waals surface area contributed by atoms with Crippen LogP contribution in [-0.2, 0) is 0 Å². The van der Waals surface area contributed by atoms with Crippen LogP contribution in [0.25, 0.3) is 0 Å². The number of hydrogen-bond donors (Lipinski definition) is 1. The summed E-state index contributed by atoms with van der Waals surface area (Å²) in [6.07, 6.45) is 0. The van der Waals surface area contributed by atoms with Crippen LogP contribution >= 0.6 is 0 Å². The van der Waals surface area contributed by atoms with E-state index < -0.39 is 0 Å². The average Bonchev–Trinajstić information content (AvgIpc) is 2.51. The second-order valence-electron chi connectivity index (χ2n) is 3.90. The molecule has 1 aliphatic rings. The number of ether oxygens (including phenoxy) is 1. The SMILES string of the molecule is CCNC1COc2cc(C)c(C)cc21. The molecule has 2 heteroatoms. The van der Waals surface area contributed by atoms with Gasteiger partial charge in [-0.1, -0.05) is 13.0 Å². The van der Waals surface area contributed by atoms with Gasteiger partial charge in [0.05, 0.1) is 6.04 Å². The lowest BCUT2D eigenvalue weighted by Gasteiger charge is -2.10. The van der Waals surface area contributed by atoms with Crippen molar-refractivity contribution in [1.82, 2.24) is 5.32 Å². The van der Waals surface area contributed by atoms with E-state index in [0.29, 0.717) is 6.04 Å². The lowest BCUT2D eigenvalue weighted by molar-refractivity contribution is 0.313. The second kappa shape index (κ2) is 3.62. The van der Waals surface area contributed by atoms with Crippen LogP contribution in [-0.4, -0.2) is 13.2 Å². The summed E-state index contributed by atoms with van der Waals surface area (Å²) in [7, 11) is 0. The third kappa shape index (κ3) is 1.50. The lowest BCUT2D eigenvalue weighted by atomic mass is 10.0. The highest BCUT2D eigenvalue weighted by molar-refractivity contribution is 5.45. The van der Waals surface area contributed by atoms with Gasteiger partial charge in [0.1, 0.15) is 12.4 Å². The molecule has 0 aromatic heterocycles. The normalized spacial score (nSPS) is 19.2. The molecule has 0 saturated heterocycles. The molecule has 1 atom stereocenters. The van der Waals surface area contributed by atoms with E-state index in [1.165, 1.54) is 16.7 Å². The fraction of sp³-hybridized carbons (Fsp3) is 0.500. The first-order chi connectivity index (χ1) is 6.72. The van der Waals surface area contributed by atoms with E-state index in [0.717, 1.165) is 18.9 Å².